The first-order valence-corrected chi connectivity index (χ1v) is 15.0. The Hall–Kier alpha value is -3.71. The van der Waals surface area contributed by atoms with Crippen LogP contribution in [0, 0.1) is 0 Å². The number of hydrogen-bond donors (Lipinski definition) is 0. The third-order valence-electron chi connectivity index (χ3n) is 6.34. The molecule has 0 amide bonds. The van der Waals surface area contributed by atoms with Gasteiger partial charge < -0.3 is 18.9 Å². The highest BCUT2D eigenvalue weighted by molar-refractivity contribution is 8.00. The second-order valence-electron chi connectivity index (χ2n) is 9.47. The Labute approximate surface area is 248 Å². The minimum Gasteiger partial charge on any atom is -0.494 e. The molecule has 3 aromatic rings. The topological polar surface area (TPSA) is 71.1 Å². The SMILES string of the molecule is COC(=O)CCCSC(/C=C\Cc1ccc(OCCCCOc2ccccc2)cc1)Cc1ccc(C(=O)OC)cc1. The predicted octanol–water partition coefficient (Wildman–Crippen LogP) is 7.11. The molecule has 0 heterocycles. The van der Waals surface area contributed by atoms with Crippen molar-refractivity contribution in [3.63, 3.8) is 0 Å². The smallest absolute Gasteiger partial charge is 0.337 e. The number of thioether (sulfide) groups is 1. The molecule has 7 heteroatoms. The summed E-state index contributed by atoms with van der Waals surface area (Å²) in [4.78, 5) is 23.2. The fourth-order valence-electron chi connectivity index (χ4n) is 4.04. The molecule has 41 heavy (non-hydrogen) atoms. The second-order valence-corrected chi connectivity index (χ2v) is 10.8. The van der Waals surface area contributed by atoms with Gasteiger partial charge in [0.05, 0.1) is 33.0 Å². The second kappa shape index (κ2) is 18.6. The van der Waals surface area contributed by atoms with Gasteiger partial charge in [-0.25, -0.2) is 4.79 Å². The van der Waals surface area contributed by atoms with Gasteiger partial charge >= 0.3 is 11.9 Å². The van der Waals surface area contributed by atoms with Crippen LogP contribution in [0.25, 0.3) is 0 Å². The van der Waals surface area contributed by atoms with E-state index in [1.54, 1.807) is 12.1 Å². The molecule has 0 aliphatic carbocycles. The molecular formula is C34H40O6S. The molecule has 0 saturated carbocycles. The zero-order valence-corrected chi connectivity index (χ0v) is 24.8. The lowest BCUT2D eigenvalue weighted by Crippen LogP contribution is -2.07. The van der Waals surface area contributed by atoms with Gasteiger partial charge in [-0.05, 0) is 85.4 Å². The van der Waals surface area contributed by atoms with E-state index in [0.29, 0.717) is 25.2 Å². The molecule has 3 rings (SSSR count). The number of unbranched alkanes of at least 4 members (excludes halogenated alkanes) is 1. The number of allylic oxidation sites excluding steroid dienone is 1. The van der Waals surface area contributed by atoms with Crippen LogP contribution in [0.2, 0.25) is 0 Å². The zero-order chi connectivity index (χ0) is 29.1. The summed E-state index contributed by atoms with van der Waals surface area (Å²) in [6, 6.07) is 25.6. The van der Waals surface area contributed by atoms with Crippen LogP contribution in [-0.2, 0) is 27.1 Å². The number of esters is 2. The van der Waals surface area contributed by atoms with Gasteiger partial charge in [0.2, 0.25) is 0 Å². The highest BCUT2D eigenvalue weighted by Crippen LogP contribution is 2.21. The Kier molecular flexibility index (Phi) is 14.4. The third kappa shape index (κ3) is 12.6. The quantitative estimate of drug-likeness (QED) is 0.0908. The molecule has 0 radical (unpaired) electrons. The van der Waals surface area contributed by atoms with Gasteiger partial charge in [-0.1, -0.05) is 54.6 Å². The lowest BCUT2D eigenvalue weighted by atomic mass is 10.1. The number of carbonyl (C=O) groups excluding carboxylic acids is 2. The molecule has 0 bridgehead atoms. The van der Waals surface area contributed by atoms with Crippen molar-refractivity contribution in [3.8, 4) is 11.5 Å². The summed E-state index contributed by atoms with van der Waals surface area (Å²) in [6.45, 7) is 1.34. The molecule has 0 spiro atoms. The molecule has 0 N–H and O–H groups in total. The van der Waals surface area contributed by atoms with Crippen molar-refractivity contribution < 1.29 is 28.5 Å². The molecule has 0 aliphatic rings. The molecular weight excluding hydrogens is 536 g/mol. The number of hydrogen-bond acceptors (Lipinski definition) is 7. The van der Waals surface area contributed by atoms with E-state index in [9.17, 15) is 9.59 Å². The molecule has 1 unspecified atom stereocenters. The van der Waals surface area contributed by atoms with Gasteiger partial charge in [0.25, 0.3) is 0 Å². The Balaban J connectivity index is 1.44. The Morgan fingerprint density at radius 1 is 0.756 bits per heavy atom. The molecule has 218 valence electrons. The first-order chi connectivity index (χ1) is 20.1. The normalized spacial score (nSPS) is 11.7. The number of methoxy groups -OCH3 is 2. The third-order valence-corrected chi connectivity index (χ3v) is 7.62. The van der Waals surface area contributed by atoms with Crippen LogP contribution in [0.5, 0.6) is 11.5 Å². The summed E-state index contributed by atoms with van der Waals surface area (Å²) in [5.41, 5.74) is 2.89. The summed E-state index contributed by atoms with van der Waals surface area (Å²) in [5, 5.41) is 0.241. The zero-order valence-electron chi connectivity index (χ0n) is 24.0. The van der Waals surface area contributed by atoms with Crippen molar-refractivity contribution >= 4 is 23.7 Å². The monoisotopic (exact) mass is 576 g/mol. The maximum Gasteiger partial charge on any atom is 0.337 e. The summed E-state index contributed by atoms with van der Waals surface area (Å²) in [7, 11) is 2.80. The van der Waals surface area contributed by atoms with Crippen molar-refractivity contribution in [2.75, 3.05) is 33.2 Å². The number of para-hydroxylation sites is 1. The van der Waals surface area contributed by atoms with Gasteiger partial charge in [0.15, 0.2) is 0 Å². The van der Waals surface area contributed by atoms with Crippen molar-refractivity contribution in [1.82, 2.24) is 0 Å². The summed E-state index contributed by atoms with van der Waals surface area (Å²) >= 11 is 1.82. The minimum absolute atomic E-state index is 0.180. The first kappa shape index (κ1) is 31.8. The van der Waals surface area contributed by atoms with Gasteiger partial charge in [-0.15, -0.1) is 0 Å². The number of benzene rings is 3. The maximum absolute atomic E-state index is 11.7. The van der Waals surface area contributed by atoms with Crippen molar-refractivity contribution in [1.29, 1.82) is 0 Å². The van der Waals surface area contributed by atoms with Crippen LogP contribution in [0.3, 0.4) is 0 Å². The fraction of sp³-hybridized carbons (Fsp3) is 0.353. The molecule has 0 aliphatic heterocycles. The van der Waals surface area contributed by atoms with Gasteiger partial charge in [0.1, 0.15) is 11.5 Å². The molecule has 1 atom stereocenters. The van der Waals surface area contributed by atoms with Crippen LogP contribution < -0.4 is 9.47 Å². The highest BCUT2D eigenvalue weighted by Gasteiger charge is 2.10. The predicted molar refractivity (Wildman–Crippen MR) is 165 cm³/mol. The Morgan fingerprint density at radius 2 is 1.39 bits per heavy atom. The van der Waals surface area contributed by atoms with E-state index in [-0.39, 0.29) is 17.2 Å². The largest absolute Gasteiger partial charge is 0.494 e. The van der Waals surface area contributed by atoms with Crippen molar-refractivity contribution in [2.24, 2.45) is 0 Å². The number of rotatable bonds is 18. The average Bonchev–Trinajstić information content (AvgIpc) is 3.01. The van der Waals surface area contributed by atoms with E-state index in [4.69, 9.17) is 18.9 Å². The molecule has 3 aromatic carbocycles. The fourth-order valence-corrected chi connectivity index (χ4v) is 5.19. The molecule has 0 saturated heterocycles. The van der Waals surface area contributed by atoms with Crippen LogP contribution >= 0.6 is 11.8 Å². The van der Waals surface area contributed by atoms with Gasteiger partial charge in [-0.2, -0.15) is 11.8 Å². The first-order valence-electron chi connectivity index (χ1n) is 14.0. The van der Waals surface area contributed by atoms with E-state index in [1.807, 2.05) is 66.4 Å². The number of carbonyl (C=O) groups is 2. The van der Waals surface area contributed by atoms with Crippen LogP contribution in [-0.4, -0.2) is 50.4 Å². The van der Waals surface area contributed by atoms with Crippen LogP contribution in [0.1, 0.15) is 47.2 Å². The van der Waals surface area contributed by atoms with E-state index in [2.05, 4.69) is 24.3 Å². The maximum atomic E-state index is 11.7. The molecule has 0 fully saturated rings. The van der Waals surface area contributed by atoms with Gasteiger partial charge in [-0.3, -0.25) is 4.79 Å². The van der Waals surface area contributed by atoms with Crippen LogP contribution in [0.15, 0.2) is 91.0 Å². The van der Waals surface area contributed by atoms with E-state index in [1.165, 1.54) is 19.8 Å². The molecule has 0 aromatic heterocycles. The number of ether oxygens (including phenoxy) is 4. The lowest BCUT2D eigenvalue weighted by Gasteiger charge is -2.13. The van der Waals surface area contributed by atoms with Gasteiger partial charge in [0, 0.05) is 11.7 Å². The molecule has 6 nitrogen and oxygen atoms in total. The van der Waals surface area contributed by atoms with E-state index < -0.39 is 0 Å². The van der Waals surface area contributed by atoms with E-state index in [0.717, 1.165) is 54.9 Å². The minimum atomic E-state index is -0.338. The average molecular weight is 577 g/mol. The standard InChI is InChI=1S/C34H40O6S/c1-37-33(35)14-9-25-41-32(26-28-15-19-29(20-16-28)34(36)38-2)13-8-10-27-17-21-31(22-18-27)40-24-7-6-23-39-30-11-4-3-5-12-30/h3-5,8,11-13,15-22,32H,6-7,9-10,14,23-26H2,1-2H3/b13-8-. The lowest BCUT2D eigenvalue weighted by molar-refractivity contribution is -0.140. The van der Waals surface area contributed by atoms with Crippen molar-refractivity contribution in [2.45, 2.75) is 43.8 Å². The van der Waals surface area contributed by atoms with E-state index >= 15 is 0 Å². The summed E-state index contributed by atoms with van der Waals surface area (Å²) in [6.07, 6.45) is 9.13. The summed E-state index contributed by atoms with van der Waals surface area (Å²) in [5.74, 6) is 2.11. The van der Waals surface area contributed by atoms with Crippen molar-refractivity contribution in [3.05, 3.63) is 108 Å². The highest BCUT2D eigenvalue weighted by atomic mass is 32.2. The Bertz CT molecular complexity index is 1190. The summed E-state index contributed by atoms with van der Waals surface area (Å²) < 4.78 is 21.2. The van der Waals surface area contributed by atoms with Crippen LogP contribution in [0.4, 0.5) is 0 Å². The Morgan fingerprint density at radius 3 is 2.02 bits per heavy atom.